The number of carbonyl (C=O) groups excluding carboxylic acids is 2. The molecule has 132 valence electrons. The highest BCUT2D eigenvalue weighted by molar-refractivity contribution is 5.93. The van der Waals surface area contributed by atoms with Crippen LogP contribution >= 0.6 is 0 Å². The van der Waals surface area contributed by atoms with Crippen LogP contribution in [0, 0.1) is 11.3 Å². The van der Waals surface area contributed by atoms with Crippen LogP contribution in [0.5, 0.6) is 0 Å². The van der Waals surface area contributed by atoms with E-state index in [0.717, 1.165) is 0 Å². The topological polar surface area (TPSA) is 89.3 Å². The van der Waals surface area contributed by atoms with Crippen molar-refractivity contribution in [3.8, 4) is 6.07 Å². The van der Waals surface area contributed by atoms with Gasteiger partial charge >= 0.3 is 0 Å². The molecular weight excluding hydrogens is 330 g/mol. The molecule has 2 heterocycles. The third kappa shape index (κ3) is 3.81. The second-order valence-electron chi connectivity index (χ2n) is 6.01. The Morgan fingerprint density at radius 2 is 1.81 bits per heavy atom. The summed E-state index contributed by atoms with van der Waals surface area (Å²) in [6.07, 6.45) is 1.57. The fourth-order valence-corrected chi connectivity index (χ4v) is 2.86. The van der Waals surface area contributed by atoms with Crippen molar-refractivity contribution < 1.29 is 9.59 Å². The minimum atomic E-state index is -0.162. The van der Waals surface area contributed by atoms with Gasteiger partial charge in [-0.3, -0.25) is 14.6 Å². The Hall–Kier alpha value is -3.40. The zero-order valence-electron chi connectivity index (χ0n) is 14.5. The molecule has 0 atom stereocenters. The first-order chi connectivity index (χ1) is 12.6. The highest BCUT2D eigenvalue weighted by atomic mass is 16.2. The molecule has 0 bridgehead atoms. The van der Waals surface area contributed by atoms with Gasteiger partial charge < -0.3 is 15.1 Å². The van der Waals surface area contributed by atoms with Gasteiger partial charge in [-0.15, -0.1) is 0 Å². The monoisotopic (exact) mass is 349 g/mol. The third-order valence-electron chi connectivity index (χ3n) is 4.32. The molecule has 7 nitrogen and oxygen atoms in total. The molecule has 1 aliphatic heterocycles. The van der Waals surface area contributed by atoms with Crippen molar-refractivity contribution in [1.82, 2.24) is 14.8 Å². The lowest BCUT2D eigenvalue weighted by Gasteiger charge is -2.34. The molecular formula is C19H19N5O2. The van der Waals surface area contributed by atoms with Crippen molar-refractivity contribution in [2.75, 3.05) is 31.5 Å². The number of nitriles is 1. The Bertz CT molecular complexity index is 866. The molecule has 0 radical (unpaired) electrons. The summed E-state index contributed by atoms with van der Waals surface area (Å²) in [5.41, 5.74) is 2.22. The number of carbonyl (C=O) groups is 2. The molecule has 0 saturated carbocycles. The molecule has 1 N–H and O–H groups in total. The maximum absolute atomic E-state index is 12.7. The summed E-state index contributed by atoms with van der Waals surface area (Å²) in [6, 6.07) is 12.7. The molecule has 1 aromatic carbocycles. The van der Waals surface area contributed by atoms with Crippen molar-refractivity contribution in [3.63, 3.8) is 0 Å². The first-order valence-corrected chi connectivity index (χ1v) is 8.35. The molecule has 2 aromatic rings. The molecule has 0 unspecified atom stereocenters. The zero-order valence-corrected chi connectivity index (χ0v) is 14.5. The van der Waals surface area contributed by atoms with Crippen LogP contribution in [-0.2, 0) is 4.79 Å². The highest BCUT2D eigenvalue weighted by Gasteiger charge is 2.24. The standard InChI is InChI=1S/C19H19N5O2/c1-14(25)23-8-10-24(11-9-23)19(26)18-12-16(6-7-21-18)22-17-5-3-2-4-15(17)13-20/h2-7,12H,8-11H2,1H3,(H,21,22). The average molecular weight is 349 g/mol. The van der Waals surface area contributed by atoms with E-state index in [0.29, 0.717) is 48.8 Å². The summed E-state index contributed by atoms with van der Waals surface area (Å²) >= 11 is 0. The molecule has 1 aliphatic rings. The Balaban J connectivity index is 1.72. The molecule has 1 fully saturated rings. The summed E-state index contributed by atoms with van der Waals surface area (Å²) in [6.45, 7) is 3.60. The van der Waals surface area contributed by atoms with Crippen molar-refractivity contribution >= 4 is 23.2 Å². The molecule has 0 aliphatic carbocycles. The largest absolute Gasteiger partial charge is 0.354 e. The van der Waals surface area contributed by atoms with Gasteiger partial charge in [0.05, 0.1) is 11.3 Å². The normalized spacial score (nSPS) is 13.8. The van der Waals surface area contributed by atoms with E-state index in [1.165, 1.54) is 6.92 Å². The molecule has 0 spiro atoms. The maximum atomic E-state index is 12.7. The Labute approximate surface area is 151 Å². The van der Waals surface area contributed by atoms with Crippen molar-refractivity contribution in [1.29, 1.82) is 5.26 Å². The second-order valence-corrected chi connectivity index (χ2v) is 6.01. The van der Waals surface area contributed by atoms with E-state index >= 15 is 0 Å². The predicted molar refractivity (Wildman–Crippen MR) is 96.8 cm³/mol. The predicted octanol–water partition coefficient (Wildman–Crippen LogP) is 2.00. The number of amides is 2. The van der Waals surface area contributed by atoms with Crippen LogP contribution in [0.2, 0.25) is 0 Å². The van der Waals surface area contributed by atoms with E-state index in [1.54, 1.807) is 40.3 Å². The lowest BCUT2D eigenvalue weighted by atomic mass is 10.2. The van der Waals surface area contributed by atoms with Gasteiger partial charge in [0.15, 0.2) is 0 Å². The number of para-hydroxylation sites is 1. The Morgan fingerprint density at radius 3 is 2.50 bits per heavy atom. The van der Waals surface area contributed by atoms with Gasteiger partial charge in [0.25, 0.3) is 5.91 Å². The molecule has 2 amide bonds. The van der Waals surface area contributed by atoms with Crippen LogP contribution in [0.25, 0.3) is 0 Å². The van der Waals surface area contributed by atoms with Crippen molar-refractivity contribution in [2.45, 2.75) is 6.92 Å². The van der Waals surface area contributed by atoms with Crippen LogP contribution in [-0.4, -0.2) is 52.8 Å². The van der Waals surface area contributed by atoms with E-state index < -0.39 is 0 Å². The van der Waals surface area contributed by atoms with E-state index in [2.05, 4.69) is 16.4 Å². The van der Waals surface area contributed by atoms with Gasteiger partial charge in [-0.2, -0.15) is 5.26 Å². The van der Waals surface area contributed by atoms with Crippen molar-refractivity contribution in [2.24, 2.45) is 0 Å². The van der Waals surface area contributed by atoms with Crippen LogP contribution in [0.4, 0.5) is 11.4 Å². The number of pyridine rings is 1. The van der Waals surface area contributed by atoms with Gasteiger partial charge in [-0.05, 0) is 24.3 Å². The second kappa shape index (κ2) is 7.66. The highest BCUT2D eigenvalue weighted by Crippen LogP contribution is 2.21. The lowest BCUT2D eigenvalue weighted by Crippen LogP contribution is -2.50. The number of nitrogens with one attached hydrogen (secondary N) is 1. The summed E-state index contributed by atoms with van der Waals surface area (Å²) in [5.74, 6) is -0.136. The molecule has 3 rings (SSSR count). The van der Waals surface area contributed by atoms with Crippen LogP contribution in [0.1, 0.15) is 23.0 Å². The number of benzene rings is 1. The van der Waals surface area contributed by atoms with Gasteiger partial charge in [-0.25, -0.2) is 0 Å². The first kappa shape index (κ1) is 17.4. The smallest absolute Gasteiger partial charge is 0.272 e. The van der Waals surface area contributed by atoms with Gasteiger partial charge in [0.1, 0.15) is 11.8 Å². The van der Waals surface area contributed by atoms with E-state index in [-0.39, 0.29) is 11.8 Å². The van der Waals surface area contributed by atoms with Crippen LogP contribution in [0.15, 0.2) is 42.6 Å². The summed E-state index contributed by atoms with van der Waals surface area (Å²) in [7, 11) is 0. The lowest BCUT2D eigenvalue weighted by molar-refractivity contribution is -0.130. The zero-order chi connectivity index (χ0) is 18.5. The average Bonchev–Trinajstić information content (AvgIpc) is 2.68. The number of hydrogen-bond acceptors (Lipinski definition) is 5. The Morgan fingerprint density at radius 1 is 1.12 bits per heavy atom. The third-order valence-corrected chi connectivity index (χ3v) is 4.32. The van der Waals surface area contributed by atoms with Gasteiger partial charge in [0.2, 0.25) is 5.91 Å². The summed E-state index contributed by atoms with van der Waals surface area (Å²) in [5, 5.41) is 12.3. The van der Waals surface area contributed by atoms with Crippen molar-refractivity contribution in [3.05, 3.63) is 53.9 Å². The molecule has 7 heteroatoms. The van der Waals surface area contributed by atoms with Gasteiger partial charge in [-0.1, -0.05) is 12.1 Å². The number of rotatable bonds is 3. The number of hydrogen-bond donors (Lipinski definition) is 1. The molecule has 1 aromatic heterocycles. The minimum Gasteiger partial charge on any atom is -0.354 e. The number of nitrogens with zero attached hydrogens (tertiary/aromatic N) is 4. The number of aromatic nitrogens is 1. The van der Waals surface area contributed by atoms with E-state index in [9.17, 15) is 14.9 Å². The SMILES string of the molecule is CC(=O)N1CCN(C(=O)c2cc(Nc3ccccc3C#N)ccn2)CC1. The van der Waals surface area contributed by atoms with E-state index in [4.69, 9.17) is 0 Å². The number of piperazine rings is 1. The fraction of sp³-hybridized carbons (Fsp3) is 0.263. The van der Waals surface area contributed by atoms with Gasteiger partial charge in [0, 0.05) is 45.0 Å². The summed E-state index contributed by atoms with van der Waals surface area (Å²) in [4.78, 5) is 31.7. The number of anilines is 2. The fourth-order valence-electron chi connectivity index (χ4n) is 2.86. The molecule has 1 saturated heterocycles. The molecule has 26 heavy (non-hydrogen) atoms. The van der Waals surface area contributed by atoms with Crippen LogP contribution < -0.4 is 5.32 Å². The van der Waals surface area contributed by atoms with Crippen LogP contribution in [0.3, 0.4) is 0 Å². The van der Waals surface area contributed by atoms with E-state index in [1.807, 2.05) is 12.1 Å². The Kier molecular flexibility index (Phi) is 5.13. The quantitative estimate of drug-likeness (QED) is 0.915. The minimum absolute atomic E-state index is 0.0255. The first-order valence-electron chi connectivity index (χ1n) is 8.35. The summed E-state index contributed by atoms with van der Waals surface area (Å²) < 4.78 is 0. The maximum Gasteiger partial charge on any atom is 0.272 e.